The topological polar surface area (TPSA) is 28.2 Å². The van der Waals surface area contributed by atoms with E-state index in [1.807, 2.05) is 0 Å². The largest absolute Gasteiger partial charge is 0.346 e. The second-order valence-electron chi connectivity index (χ2n) is 3.20. The zero-order valence-electron chi connectivity index (χ0n) is 8.92. The molecular weight excluding hydrogens is 193 g/mol. The molecule has 80 valence electrons. The van der Waals surface area contributed by atoms with Crippen molar-refractivity contribution >= 4 is 5.82 Å². The van der Waals surface area contributed by atoms with Crippen molar-refractivity contribution in [3.63, 3.8) is 0 Å². The molecule has 0 aliphatic rings. The van der Waals surface area contributed by atoms with Gasteiger partial charge in [-0.3, -0.25) is 0 Å². The zero-order valence-corrected chi connectivity index (χ0v) is 8.92. The van der Waals surface area contributed by atoms with Crippen molar-refractivity contribution in [1.82, 2.24) is 10.3 Å². The van der Waals surface area contributed by atoms with Crippen LogP contribution in [0, 0.1) is 18.2 Å². The first kappa shape index (κ1) is 11.5. The fourth-order valence-electron chi connectivity index (χ4n) is 1.28. The summed E-state index contributed by atoms with van der Waals surface area (Å²) in [6, 6.07) is 1.65. The molecule has 0 aliphatic heterocycles. The Bertz CT molecular complexity index is 371. The third-order valence-electron chi connectivity index (χ3n) is 2.01. The highest BCUT2D eigenvalue weighted by molar-refractivity contribution is 5.43. The molecule has 0 saturated carbocycles. The third-order valence-corrected chi connectivity index (χ3v) is 2.01. The molecule has 0 amide bonds. The van der Waals surface area contributed by atoms with Gasteiger partial charge in [-0.1, -0.05) is 5.92 Å². The summed E-state index contributed by atoms with van der Waals surface area (Å²) in [5.41, 5.74) is 0.589. The number of halogens is 1. The van der Waals surface area contributed by atoms with Crippen LogP contribution in [-0.2, 0) is 6.54 Å². The quantitative estimate of drug-likeness (QED) is 0.747. The number of rotatable bonds is 4. The summed E-state index contributed by atoms with van der Waals surface area (Å²) in [5.74, 6) is 2.43. The number of terminal acetylenes is 1. The highest BCUT2D eigenvalue weighted by atomic mass is 19.1. The van der Waals surface area contributed by atoms with Crippen molar-refractivity contribution in [2.24, 2.45) is 0 Å². The van der Waals surface area contributed by atoms with Crippen LogP contribution >= 0.6 is 0 Å². The van der Waals surface area contributed by atoms with Crippen molar-refractivity contribution < 1.29 is 4.39 Å². The van der Waals surface area contributed by atoms with E-state index in [9.17, 15) is 4.39 Å². The van der Waals surface area contributed by atoms with Crippen LogP contribution < -0.4 is 10.2 Å². The SMILES string of the molecule is C#CCN(C)c1nccc(CNC)c1F. The van der Waals surface area contributed by atoms with Crippen LogP contribution in [0.2, 0.25) is 0 Å². The molecule has 0 radical (unpaired) electrons. The average Bonchev–Trinajstić information content (AvgIpc) is 2.22. The van der Waals surface area contributed by atoms with Gasteiger partial charge in [-0.25, -0.2) is 9.37 Å². The molecule has 0 bridgehead atoms. The molecule has 15 heavy (non-hydrogen) atoms. The van der Waals surface area contributed by atoms with E-state index in [-0.39, 0.29) is 5.82 Å². The number of anilines is 1. The highest BCUT2D eigenvalue weighted by Crippen LogP contribution is 2.17. The molecule has 1 aromatic rings. The Morgan fingerprint density at radius 2 is 2.40 bits per heavy atom. The summed E-state index contributed by atoms with van der Waals surface area (Å²) < 4.78 is 13.8. The summed E-state index contributed by atoms with van der Waals surface area (Å²) >= 11 is 0. The molecule has 1 N–H and O–H groups in total. The van der Waals surface area contributed by atoms with Crippen molar-refractivity contribution in [2.75, 3.05) is 25.5 Å². The molecule has 1 heterocycles. The maximum absolute atomic E-state index is 13.8. The second kappa shape index (κ2) is 5.32. The number of pyridine rings is 1. The van der Waals surface area contributed by atoms with Crippen molar-refractivity contribution in [3.8, 4) is 12.3 Å². The lowest BCUT2D eigenvalue weighted by atomic mass is 10.2. The zero-order chi connectivity index (χ0) is 11.3. The van der Waals surface area contributed by atoms with Gasteiger partial charge in [0, 0.05) is 25.4 Å². The van der Waals surface area contributed by atoms with Gasteiger partial charge in [0.15, 0.2) is 11.6 Å². The molecule has 4 heteroatoms. The third kappa shape index (κ3) is 2.67. The number of aromatic nitrogens is 1. The van der Waals surface area contributed by atoms with E-state index in [1.54, 1.807) is 31.3 Å². The molecule has 0 fully saturated rings. The normalized spacial score (nSPS) is 9.73. The minimum atomic E-state index is -0.315. The van der Waals surface area contributed by atoms with Gasteiger partial charge in [0.2, 0.25) is 0 Å². The molecule has 1 aromatic heterocycles. The van der Waals surface area contributed by atoms with E-state index in [0.29, 0.717) is 24.5 Å². The van der Waals surface area contributed by atoms with Crippen molar-refractivity contribution in [2.45, 2.75) is 6.54 Å². The van der Waals surface area contributed by atoms with Crippen LogP contribution in [0.5, 0.6) is 0 Å². The minimum Gasteiger partial charge on any atom is -0.346 e. The predicted molar refractivity (Wildman–Crippen MR) is 59.1 cm³/mol. The van der Waals surface area contributed by atoms with Crippen LogP contribution in [0.1, 0.15) is 5.56 Å². The summed E-state index contributed by atoms with van der Waals surface area (Å²) in [6.07, 6.45) is 6.74. The Morgan fingerprint density at radius 3 is 3.00 bits per heavy atom. The monoisotopic (exact) mass is 207 g/mol. The Labute approximate surface area is 89.3 Å². The van der Waals surface area contributed by atoms with Gasteiger partial charge >= 0.3 is 0 Å². The second-order valence-corrected chi connectivity index (χ2v) is 3.20. The molecule has 0 aliphatic carbocycles. The van der Waals surface area contributed by atoms with Crippen LogP contribution in [0.25, 0.3) is 0 Å². The van der Waals surface area contributed by atoms with Gasteiger partial charge < -0.3 is 10.2 Å². The summed E-state index contributed by atoms with van der Waals surface area (Å²) in [7, 11) is 3.49. The lowest BCUT2D eigenvalue weighted by Crippen LogP contribution is -2.21. The number of nitrogens with zero attached hydrogens (tertiary/aromatic N) is 2. The Balaban J connectivity index is 2.99. The lowest BCUT2D eigenvalue weighted by molar-refractivity contribution is 0.592. The smallest absolute Gasteiger partial charge is 0.170 e. The number of nitrogens with one attached hydrogen (secondary N) is 1. The summed E-state index contributed by atoms with van der Waals surface area (Å²) in [6.45, 7) is 0.818. The van der Waals surface area contributed by atoms with E-state index in [1.165, 1.54) is 0 Å². The van der Waals surface area contributed by atoms with Crippen LogP contribution in [0.3, 0.4) is 0 Å². The lowest BCUT2D eigenvalue weighted by Gasteiger charge is -2.16. The highest BCUT2D eigenvalue weighted by Gasteiger charge is 2.11. The van der Waals surface area contributed by atoms with Gasteiger partial charge in [0.25, 0.3) is 0 Å². The maximum Gasteiger partial charge on any atom is 0.170 e. The molecule has 3 nitrogen and oxygen atoms in total. The van der Waals surface area contributed by atoms with E-state index in [4.69, 9.17) is 6.42 Å². The first-order chi connectivity index (χ1) is 7.20. The molecule has 0 saturated heterocycles. The fraction of sp³-hybridized carbons (Fsp3) is 0.364. The summed E-state index contributed by atoms with van der Waals surface area (Å²) in [5, 5.41) is 2.90. The van der Waals surface area contributed by atoms with Gasteiger partial charge in [-0.05, 0) is 13.1 Å². The molecule has 0 unspecified atom stereocenters. The van der Waals surface area contributed by atoms with Gasteiger partial charge in [0.1, 0.15) is 0 Å². The predicted octanol–water partition coefficient (Wildman–Crippen LogP) is 1.01. The van der Waals surface area contributed by atoms with E-state index >= 15 is 0 Å². The van der Waals surface area contributed by atoms with Crippen molar-refractivity contribution in [1.29, 1.82) is 0 Å². The van der Waals surface area contributed by atoms with Crippen LogP contribution in [0.4, 0.5) is 10.2 Å². The first-order valence-electron chi connectivity index (χ1n) is 4.63. The molecule has 0 aromatic carbocycles. The van der Waals surface area contributed by atoms with E-state index in [2.05, 4.69) is 16.2 Å². The minimum absolute atomic E-state index is 0.292. The maximum atomic E-state index is 13.8. The standard InChI is InChI=1S/C11H14FN3/c1-4-7-15(3)11-10(12)9(8-13-2)5-6-14-11/h1,5-6,13H,7-8H2,2-3H3. The van der Waals surface area contributed by atoms with E-state index in [0.717, 1.165) is 0 Å². The van der Waals surface area contributed by atoms with Gasteiger partial charge in [-0.2, -0.15) is 0 Å². The van der Waals surface area contributed by atoms with Crippen LogP contribution in [-0.4, -0.2) is 25.6 Å². The van der Waals surface area contributed by atoms with Crippen molar-refractivity contribution in [3.05, 3.63) is 23.6 Å². The first-order valence-corrected chi connectivity index (χ1v) is 4.63. The van der Waals surface area contributed by atoms with E-state index < -0.39 is 0 Å². The molecular formula is C11H14FN3. The number of hydrogen-bond acceptors (Lipinski definition) is 3. The summed E-state index contributed by atoms with van der Waals surface area (Å²) in [4.78, 5) is 5.57. The van der Waals surface area contributed by atoms with Gasteiger partial charge in [-0.15, -0.1) is 6.42 Å². The Kier molecular flexibility index (Phi) is 4.07. The average molecular weight is 207 g/mol. The fourth-order valence-corrected chi connectivity index (χ4v) is 1.28. The molecule has 0 spiro atoms. The van der Waals surface area contributed by atoms with Gasteiger partial charge in [0.05, 0.1) is 6.54 Å². The molecule has 1 rings (SSSR count). The number of hydrogen-bond donors (Lipinski definition) is 1. The Hall–Kier alpha value is -1.60. The van der Waals surface area contributed by atoms with Crippen LogP contribution in [0.15, 0.2) is 12.3 Å². The Morgan fingerprint density at radius 1 is 1.67 bits per heavy atom. The molecule has 0 atom stereocenters.